The molecule has 1 aliphatic carbocycles. The normalized spacial score (nSPS) is 17.3. The number of carbonyl (C=O) groups excluding carboxylic acids is 1. The molecule has 1 aliphatic rings. The summed E-state index contributed by atoms with van der Waals surface area (Å²) < 4.78 is 1.80. The summed E-state index contributed by atoms with van der Waals surface area (Å²) in [5.41, 5.74) is 1.16. The Bertz CT molecular complexity index is 393. The SMILES string of the molecule is CN(CC(=O)C1CCCCC1)Cc1cnn(C)c1. The molecule has 0 saturated heterocycles. The van der Waals surface area contributed by atoms with Gasteiger partial charge in [0.1, 0.15) is 5.78 Å². The standard InChI is InChI=1S/C14H23N3O/c1-16(9-12-8-15-17(2)10-12)11-14(18)13-6-4-3-5-7-13/h8,10,13H,3-7,9,11H2,1-2H3. The fraction of sp³-hybridized carbons (Fsp3) is 0.714. The lowest BCUT2D eigenvalue weighted by atomic mass is 9.86. The zero-order chi connectivity index (χ0) is 13.0. The Labute approximate surface area is 109 Å². The Kier molecular flexibility index (Phi) is 4.53. The molecular weight excluding hydrogens is 226 g/mol. The molecule has 1 saturated carbocycles. The quantitative estimate of drug-likeness (QED) is 0.801. The van der Waals surface area contributed by atoms with Crippen molar-refractivity contribution < 1.29 is 4.79 Å². The maximum Gasteiger partial charge on any atom is 0.149 e. The van der Waals surface area contributed by atoms with E-state index >= 15 is 0 Å². The molecular formula is C14H23N3O. The van der Waals surface area contributed by atoms with E-state index in [1.165, 1.54) is 19.3 Å². The van der Waals surface area contributed by atoms with Crippen LogP contribution in [0.1, 0.15) is 37.7 Å². The van der Waals surface area contributed by atoms with Crippen molar-refractivity contribution in [1.82, 2.24) is 14.7 Å². The van der Waals surface area contributed by atoms with Gasteiger partial charge >= 0.3 is 0 Å². The third kappa shape index (κ3) is 3.67. The fourth-order valence-electron chi connectivity index (χ4n) is 2.74. The Balaban J connectivity index is 1.79. The molecule has 2 rings (SSSR count). The van der Waals surface area contributed by atoms with Gasteiger partial charge in [-0.05, 0) is 19.9 Å². The van der Waals surface area contributed by atoms with Crippen molar-refractivity contribution in [2.75, 3.05) is 13.6 Å². The first-order valence-corrected chi connectivity index (χ1v) is 6.84. The second-order valence-electron chi connectivity index (χ2n) is 5.50. The molecule has 18 heavy (non-hydrogen) atoms. The summed E-state index contributed by atoms with van der Waals surface area (Å²) in [5.74, 6) is 0.733. The van der Waals surface area contributed by atoms with Gasteiger partial charge in [-0.1, -0.05) is 19.3 Å². The van der Waals surface area contributed by atoms with Crippen molar-refractivity contribution in [1.29, 1.82) is 0 Å². The number of rotatable bonds is 5. The summed E-state index contributed by atoms with van der Waals surface area (Å²) in [6.45, 7) is 1.37. The Morgan fingerprint density at radius 1 is 1.44 bits per heavy atom. The van der Waals surface area contributed by atoms with Crippen molar-refractivity contribution in [2.45, 2.75) is 38.6 Å². The molecule has 0 atom stereocenters. The first-order valence-electron chi connectivity index (χ1n) is 6.84. The van der Waals surface area contributed by atoms with Gasteiger partial charge in [-0.25, -0.2) is 0 Å². The predicted octanol–water partition coefficient (Wildman–Crippen LogP) is 2.00. The topological polar surface area (TPSA) is 38.1 Å². The van der Waals surface area contributed by atoms with Crippen molar-refractivity contribution in [3.8, 4) is 0 Å². The maximum absolute atomic E-state index is 12.1. The van der Waals surface area contributed by atoms with E-state index < -0.39 is 0 Å². The largest absolute Gasteiger partial charge is 0.298 e. The van der Waals surface area contributed by atoms with Crippen LogP contribution in [0.25, 0.3) is 0 Å². The van der Waals surface area contributed by atoms with E-state index in [9.17, 15) is 4.79 Å². The van der Waals surface area contributed by atoms with Gasteiger partial charge in [0.15, 0.2) is 0 Å². The van der Waals surface area contributed by atoms with Gasteiger partial charge in [0.2, 0.25) is 0 Å². The van der Waals surface area contributed by atoms with Gasteiger partial charge in [-0.2, -0.15) is 5.10 Å². The highest BCUT2D eigenvalue weighted by Crippen LogP contribution is 2.24. The van der Waals surface area contributed by atoms with Crippen LogP contribution >= 0.6 is 0 Å². The molecule has 100 valence electrons. The minimum atomic E-state index is 0.315. The van der Waals surface area contributed by atoms with Crippen molar-refractivity contribution in [3.05, 3.63) is 18.0 Å². The van der Waals surface area contributed by atoms with E-state index in [2.05, 4.69) is 10.00 Å². The molecule has 0 unspecified atom stereocenters. The van der Waals surface area contributed by atoms with E-state index in [1.54, 1.807) is 4.68 Å². The number of ketones is 1. The van der Waals surface area contributed by atoms with Gasteiger partial charge in [0, 0.05) is 31.3 Å². The number of aryl methyl sites for hydroxylation is 1. The smallest absolute Gasteiger partial charge is 0.149 e. The van der Waals surface area contributed by atoms with Crippen LogP contribution in [0.15, 0.2) is 12.4 Å². The lowest BCUT2D eigenvalue weighted by molar-refractivity contribution is -0.124. The van der Waals surface area contributed by atoms with Gasteiger partial charge in [0.05, 0.1) is 12.7 Å². The minimum absolute atomic E-state index is 0.315. The average molecular weight is 249 g/mol. The summed E-state index contributed by atoms with van der Waals surface area (Å²) in [5, 5.41) is 4.14. The van der Waals surface area contributed by atoms with Crippen molar-refractivity contribution in [2.24, 2.45) is 13.0 Å². The van der Waals surface area contributed by atoms with Crippen molar-refractivity contribution >= 4 is 5.78 Å². The molecule has 4 nitrogen and oxygen atoms in total. The van der Waals surface area contributed by atoms with E-state index in [1.807, 2.05) is 26.5 Å². The number of likely N-dealkylation sites (N-methyl/N-ethyl adjacent to an activating group) is 1. The number of carbonyl (C=O) groups is 1. The van der Waals surface area contributed by atoms with Crippen LogP contribution in [0.5, 0.6) is 0 Å². The predicted molar refractivity (Wildman–Crippen MR) is 71.1 cm³/mol. The Hall–Kier alpha value is -1.16. The third-order valence-corrected chi connectivity index (χ3v) is 3.70. The molecule has 0 bridgehead atoms. The van der Waals surface area contributed by atoms with E-state index in [-0.39, 0.29) is 0 Å². The van der Waals surface area contributed by atoms with Crippen molar-refractivity contribution in [3.63, 3.8) is 0 Å². The number of hydrogen-bond acceptors (Lipinski definition) is 3. The molecule has 1 fully saturated rings. The maximum atomic E-state index is 12.1. The molecule has 0 radical (unpaired) electrons. The molecule has 1 aromatic heterocycles. The number of aromatic nitrogens is 2. The van der Waals surface area contributed by atoms with E-state index in [0.29, 0.717) is 18.2 Å². The van der Waals surface area contributed by atoms with E-state index in [0.717, 1.165) is 24.9 Å². The van der Waals surface area contributed by atoms with Gasteiger partial charge in [-0.3, -0.25) is 14.4 Å². The number of Topliss-reactive ketones (excluding diaryl/α,β-unsaturated/α-hetero) is 1. The summed E-state index contributed by atoms with van der Waals surface area (Å²) >= 11 is 0. The second-order valence-corrected chi connectivity index (χ2v) is 5.50. The highest BCUT2D eigenvalue weighted by Gasteiger charge is 2.21. The van der Waals surface area contributed by atoms with Gasteiger partial charge in [0.25, 0.3) is 0 Å². The Morgan fingerprint density at radius 3 is 2.78 bits per heavy atom. The van der Waals surface area contributed by atoms with Crippen LogP contribution in [-0.4, -0.2) is 34.1 Å². The summed E-state index contributed by atoms with van der Waals surface area (Å²) in [6, 6.07) is 0. The second kappa shape index (κ2) is 6.14. The van der Waals surface area contributed by atoms with E-state index in [4.69, 9.17) is 0 Å². The number of nitrogens with zero attached hydrogens (tertiary/aromatic N) is 3. The molecule has 0 aromatic carbocycles. The highest BCUT2D eigenvalue weighted by molar-refractivity contribution is 5.83. The molecule has 0 aliphatic heterocycles. The van der Waals surface area contributed by atoms with Crippen LogP contribution < -0.4 is 0 Å². The zero-order valence-electron chi connectivity index (χ0n) is 11.4. The zero-order valence-corrected chi connectivity index (χ0v) is 11.4. The van der Waals surface area contributed by atoms with Crippen LogP contribution in [0.2, 0.25) is 0 Å². The first kappa shape index (κ1) is 13.3. The lowest BCUT2D eigenvalue weighted by Gasteiger charge is -2.23. The summed E-state index contributed by atoms with van der Waals surface area (Å²) in [7, 11) is 3.92. The molecule has 0 N–H and O–H groups in total. The van der Waals surface area contributed by atoms with Crippen LogP contribution in [0.3, 0.4) is 0 Å². The fourth-order valence-corrected chi connectivity index (χ4v) is 2.74. The average Bonchev–Trinajstić information content (AvgIpc) is 2.75. The summed E-state index contributed by atoms with van der Waals surface area (Å²) in [4.78, 5) is 14.2. The molecule has 1 heterocycles. The van der Waals surface area contributed by atoms with Crippen LogP contribution in [0.4, 0.5) is 0 Å². The number of hydrogen-bond donors (Lipinski definition) is 0. The Morgan fingerprint density at radius 2 is 2.17 bits per heavy atom. The van der Waals surface area contributed by atoms with Crippen LogP contribution in [0, 0.1) is 5.92 Å². The highest BCUT2D eigenvalue weighted by atomic mass is 16.1. The molecule has 0 amide bonds. The summed E-state index contributed by atoms with van der Waals surface area (Å²) in [6.07, 6.45) is 9.81. The third-order valence-electron chi connectivity index (χ3n) is 3.70. The lowest BCUT2D eigenvalue weighted by Crippen LogP contribution is -2.31. The minimum Gasteiger partial charge on any atom is -0.298 e. The molecule has 0 spiro atoms. The molecule has 4 heteroatoms. The first-order chi connectivity index (χ1) is 8.65. The molecule has 1 aromatic rings. The van der Waals surface area contributed by atoms with Gasteiger partial charge < -0.3 is 0 Å². The van der Waals surface area contributed by atoms with Gasteiger partial charge in [-0.15, -0.1) is 0 Å². The monoisotopic (exact) mass is 249 g/mol. The van der Waals surface area contributed by atoms with Crippen LogP contribution in [-0.2, 0) is 18.4 Å².